The number of hydrogen-bond acceptors (Lipinski definition) is 7. The number of rotatable bonds is 9. The molecule has 1 aliphatic heterocycles. The number of piperidine rings is 1. The van der Waals surface area contributed by atoms with E-state index in [0.29, 0.717) is 17.4 Å². The molecule has 1 saturated heterocycles. The van der Waals surface area contributed by atoms with Crippen molar-refractivity contribution in [1.82, 2.24) is 4.98 Å². The monoisotopic (exact) mass is 452 g/mol. The van der Waals surface area contributed by atoms with Crippen LogP contribution in [0.15, 0.2) is 30.3 Å². The molecular formula is C26H36N4O3. The van der Waals surface area contributed by atoms with Crippen LogP contribution in [0.5, 0.6) is 0 Å². The molecule has 1 aromatic carbocycles. The summed E-state index contributed by atoms with van der Waals surface area (Å²) in [6.07, 6.45) is 2.00. The Morgan fingerprint density at radius 3 is 2.61 bits per heavy atom. The van der Waals surface area contributed by atoms with Crippen LogP contribution in [-0.4, -0.2) is 50.1 Å². The summed E-state index contributed by atoms with van der Waals surface area (Å²) in [5.41, 5.74) is 4.32. The number of benzene rings is 1. The van der Waals surface area contributed by atoms with Crippen LogP contribution in [0, 0.1) is 24.2 Å². The highest BCUT2D eigenvalue weighted by molar-refractivity contribution is 6.09. The molecule has 0 radical (unpaired) electrons. The molecule has 0 aliphatic carbocycles. The van der Waals surface area contributed by atoms with Crippen molar-refractivity contribution < 1.29 is 14.3 Å². The van der Waals surface area contributed by atoms with Crippen molar-refractivity contribution in [3.8, 4) is 0 Å². The van der Waals surface area contributed by atoms with E-state index in [4.69, 9.17) is 14.9 Å². The minimum atomic E-state index is -0.456. The fourth-order valence-corrected chi connectivity index (χ4v) is 4.17. The summed E-state index contributed by atoms with van der Waals surface area (Å²) in [6, 6.07) is 9.78. The Labute approximate surface area is 197 Å². The van der Waals surface area contributed by atoms with Crippen molar-refractivity contribution in [2.24, 2.45) is 11.8 Å². The first-order valence-electron chi connectivity index (χ1n) is 11.7. The quantitative estimate of drug-likeness (QED) is 0.402. The SMILES string of the molecule is CCOC(=O)c1cc(N2CCC(COC)CC2)c(C(=N)C(C)C)c(Nc2cccc(C)c2)n1. The second kappa shape index (κ2) is 11.3. The maximum atomic E-state index is 12.7. The van der Waals surface area contributed by atoms with Gasteiger partial charge in [0, 0.05) is 38.2 Å². The lowest BCUT2D eigenvalue weighted by molar-refractivity contribution is 0.0519. The molecule has 2 N–H and O–H groups in total. The van der Waals surface area contributed by atoms with Gasteiger partial charge >= 0.3 is 5.97 Å². The number of esters is 1. The zero-order chi connectivity index (χ0) is 24.0. The number of carbonyl (C=O) groups is 1. The van der Waals surface area contributed by atoms with E-state index in [1.54, 1.807) is 20.1 Å². The van der Waals surface area contributed by atoms with Gasteiger partial charge in [-0.15, -0.1) is 0 Å². The smallest absolute Gasteiger partial charge is 0.357 e. The molecule has 3 rings (SSSR count). The molecule has 33 heavy (non-hydrogen) atoms. The van der Waals surface area contributed by atoms with Gasteiger partial charge in [0.25, 0.3) is 0 Å². The van der Waals surface area contributed by atoms with Gasteiger partial charge in [0.1, 0.15) is 5.82 Å². The second-order valence-corrected chi connectivity index (χ2v) is 8.92. The third-order valence-electron chi connectivity index (χ3n) is 5.97. The van der Waals surface area contributed by atoms with Gasteiger partial charge in [0.05, 0.1) is 17.9 Å². The van der Waals surface area contributed by atoms with Crippen LogP contribution in [0.3, 0.4) is 0 Å². The summed E-state index contributed by atoms with van der Waals surface area (Å²) >= 11 is 0. The first kappa shape index (κ1) is 24.7. The van der Waals surface area contributed by atoms with Crippen molar-refractivity contribution in [3.05, 3.63) is 47.2 Å². The second-order valence-electron chi connectivity index (χ2n) is 8.92. The molecule has 0 spiro atoms. The van der Waals surface area contributed by atoms with E-state index in [-0.39, 0.29) is 18.2 Å². The number of anilines is 3. The van der Waals surface area contributed by atoms with Gasteiger partial charge in [-0.3, -0.25) is 0 Å². The van der Waals surface area contributed by atoms with E-state index in [2.05, 4.69) is 15.2 Å². The molecule has 1 fully saturated rings. The van der Waals surface area contributed by atoms with Crippen LogP contribution < -0.4 is 10.2 Å². The standard InChI is InChI=1S/C26H36N4O3/c1-6-33-26(31)21-15-22(30-12-10-19(11-13-30)16-32-5)23(24(27)17(2)3)25(29-21)28-20-9-7-8-18(4)14-20/h7-9,14-15,17,19,27H,6,10-13,16H2,1-5H3,(H,28,29). The van der Waals surface area contributed by atoms with Gasteiger partial charge in [0.15, 0.2) is 5.69 Å². The van der Waals surface area contributed by atoms with Gasteiger partial charge < -0.3 is 25.1 Å². The Morgan fingerprint density at radius 1 is 1.27 bits per heavy atom. The van der Waals surface area contributed by atoms with E-state index in [0.717, 1.165) is 55.0 Å². The highest BCUT2D eigenvalue weighted by Gasteiger charge is 2.28. The lowest BCUT2D eigenvalue weighted by Crippen LogP contribution is -2.36. The predicted molar refractivity (Wildman–Crippen MR) is 133 cm³/mol. The van der Waals surface area contributed by atoms with Gasteiger partial charge in [-0.25, -0.2) is 9.78 Å². The number of aromatic nitrogens is 1. The van der Waals surface area contributed by atoms with Gasteiger partial charge in [0.2, 0.25) is 0 Å². The number of aryl methyl sites for hydroxylation is 1. The Hall–Kier alpha value is -2.93. The molecule has 1 aromatic heterocycles. The summed E-state index contributed by atoms with van der Waals surface area (Å²) in [5.74, 6) is 0.584. The maximum absolute atomic E-state index is 12.7. The fraction of sp³-hybridized carbons (Fsp3) is 0.500. The first-order chi connectivity index (χ1) is 15.8. The molecule has 178 valence electrons. The summed E-state index contributed by atoms with van der Waals surface area (Å²) in [4.78, 5) is 19.6. The number of methoxy groups -OCH3 is 1. The molecule has 0 amide bonds. The van der Waals surface area contributed by atoms with E-state index in [1.165, 1.54) is 0 Å². The van der Waals surface area contributed by atoms with E-state index >= 15 is 0 Å². The summed E-state index contributed by atoms with van der Waals surface area (Å²) < 4.78 is 10.6. The topological polar surface area (TPSA) is 87.5 Å². The van der Waals surface area contributed by atoms with Crippen molar-refractivity contribution in [3.63, 3.8) is 0 Å². The first-order valence-corrected chi connectivity index (χ1v) is 11.7. The molecule has 0 unspecified atom stereocenters. The van der Waals surface area contributed by atoms with Gasteiger partial charge in [-0.05, 0) is 62.3 Å². The van der Waals surface area contributed by atoms with Crippen molar-refractivity contribution in [2.75, 3.05) is 43.6 Å². The minimum absolute atomic E-state index is 0.00285. The molecule has 0 bridgehead atoms. The third-order valence-corrected chi connectivity index (χ3v) is 5.97. The van der Waals surface area contributed by atoms with Gasteiger partial charge in [-0.1, -0.05) is 26.0 Å². The highest BCUT2D eigenvalue weighted by Crippen LogP contribution is 2.34. The highest BCUT2D eigenvalue weighted by atomic mass is 16.5. The Morgan fingerprint density at radius 2 is 2.00 bits per heavy atom. The molecule has 2 aromatic rings. The lowest BCUT2D eigenvalue weighted by Gasteiger charge is -2.35. The number of carbonyl (C=O) groups excluding carboxylic acids is 1. The van der Waals surface area contributed by atoms with E-state index in [9.17, 15) is 4.79 Å². The van der Waals surface area contributed by atoms with Crippen molar-refractivity contribution in [2.45, 2.75) is 40.5 Å². The van der Waals surface area contributed by atoms with Crippen LogP contribution in [0.4, 0.5) is 17.2 Å². The molecule has 2 heterocycles. The fourth-order valence-electron chi connectivity index (χ4n) is 4.17. The Bertz CT molecular complexity index is 981. The minimum Gasteiger partial charge on any atom is -0.461 e. The average molecular weight is 453 g/mol. The zero-order valence-electron chi connectivity index (χ0n) is 20.4. The van der Waals surface area contributed by atoms with Crippen LogP contribution in [-0.2, 0) is 9.47 Å². The van der Waals surface area contributed by atoms with Crippen LogP contribution in [0.2, 0.25) is 0 Å². The molecule has 0 saturated carbocycles. The number of pyridine rings is 1. The molecule has 7 nitrogen and oxygen atoms in total. The lowest BCUT2D eigenvalue weighted by atomic mass is 9.94. The number of ether oxygens (including phenoxy) is 2. The van der Waals surface area contributed by atoms with Crippen LogP contribution in [0.1, 0.15) is 55.2 Å². The molecule has 0 atom stereocenters. The normalized spacial score (nSPS) is 14.4. The van der Waals surface area contributed by atoms with E-state index in [1.807, 2.05) is 45.0 Å². The molecule has 7 heteroatoms. The molecule has 1 aliphatic rings. The molecular weight excluding hydrogens is 416 g/mol. The summed E-state index contributed by atoms with van der Waals surface area (Å²) in [7, 11) is 1.74. The zero-order valence-corrected chi connectivity index (χ0v) is 20.4. The van der Waals surface area contributed by atoms with Gasteiger partial charge in [-0.2, -0.15) is 0 Å². The van der Waals surface area contributed by atoms with E-state index < -0.39 is 5.97 Å². The average Bonchev–Trinajstić information content (AvgIpc) is 2.79. The largest absolute Gasteiger partial charge is 0.461 e. The Balaban J connectivity index is 2.10. The van der Waals surface area contributed by atoms with Crippen molar-refractivity contribution in [1.29, 1.82) is 5.41 Å². The van der Waals surface area contributed by atoms with Crippen LogP contribution in [0.25, 0.3) is 0 Å². The third kappa shape index (κ3) is 6.11. The number of nitrogens with one attached hydrogen (secondary N) is 2. The maximum Gasteiger partial charge on any atom is 0.357 e. The predicted octanol–water partition coefficient (Wildman–Crippen LogP) is 5.20. The van der Waals surface area contributed by atoms with Crippen molar-refractivity contribution >= 4 is 28.9 Å². The number of nitrogens with zero attached hydrogens (tertiary/aromatic N) is 2. The number of hydrogen-bond donors (Lipinski definition) is 2. The summed E-state index contributed by atoms with van der Waals surface area (Å²) in [6.45, 7) is 10.5. The Kier molecular flexibility index (Phi) is 8.44. The van der Waals surface area contributed by atoms with Crippen LogP contribution >= 0.6 is 0 Å². The summed E-state index contributed by atoms with van der Waals surface area (Å²) in [5, 5.41) is 12.3.